The molecule has 2 unspecified atom stereocenters. The average molecular weight is 255 g/mol. The maximum absolute atomic E-state index is 11.2. The molecule has 3 amide bonds. The van der Waals surface area contributed by atoms with Gasteiger partial charge in [0.25, 0.3) is 10.1 Å². The Bertz CT molecular complexity index is 469. The molecule has 4 N–H and O–H groups in total. The fourth-order valence-corrected chi connectivity index (χ4v) is 1.90. The van der Waals surface area contributed by atoms with Crippen LogP contribution in [0.15, 0.2) is 0 Å². The molecular formula is C5H7N2O8S+. The van der Waals surface area contributed by atoms with Crippen molar-refractivity contribution in [3.63, 3.8) is 0 Å². The van der Waals surface area contributed by atoms with Crippen LogP contribution >= 0.6 is 0 Å². The van der Waals surface area contributed by atoms with Gasteiger partial charge in [0.2, 0.25) is 5.25 Å². The second-order valence-electron chi connectivity index (χ2n) is 2.93. The van der Waals surface area contributed by atoms with Crippen LogP contribution in [0.5, 0.6) is 0 Å². The fourth-order valence-electron chi connectivity index (χ4n) is 1.15. The Hall–Kier alpha value is -1.56. The lowest BCUT2D eigenvalue weighted by molar-refractivity contribution is -1.12. The first-order valence-electron chi connectivity index (χ1n) is 3.74. The molecule has 0 saturated carbocycles. The first-order chi connectivity index (χ1) is 7.09. The second-order valence-corrected chi connectivity index (χ2v) is 4.53. The minimum Gasteiger partial charge on any atom is -0.330 e. The highest BCUT2D eigenvalue weighted by Gasteiger charge is 2.65. The zero-order chi connectivity index (χ0) is 12.7. The van der Waals surface area contributed by atoms with Gasteiger partial charge in [0.15, 0.2) is 0 Å². The summed E-state index contributed by atoms with van der Waals surface area (Å²) in [5.74, 6) is -3.13. The first kappa shape index (κ1) is 12.5. The van der Waals surface area contributed by atoms with E-state index in [1.54, 1.807) is 0 Å². The van der Waals surface area contributed by atoms with Gasteiger partial charge in [0.1, 0.15) is 11.2 Å². The number of nitrogens with two attached hydrogens (primary N) is 1. The molecule has 1 fully saturated rings. The smallest absolute Gasteiger partial charge is 0.330 e. The molecule has 90 valence electrons. The average Bonchev–Trinajstić information content (AvgIpc) is 2.27. The molecule has 1 aliphatic rings. The van der Waals surface area contributed by atoms with Gasteiger partial charge in [-0.15, -0.1) is 0 Å². The first-order valence-corrected chi connectivity index (χ1v) is 5.24. The molecule has 2 atom stereocenters. The highest BCUT2D eigenvalue weighted by atomic mass is 32.2. The molecule has 0 aromatic carbocycles. The van der Waals surface area contributed by atoms with E-state index in [9.17, 15) is 28.0 Å². The summed E-state index contributed by atoms with van der Waals surface area (Å²) in [5.41, 5.74) is 4.48. The maximum atomic E-state index is 11.2. The van der Waals surface area contributed by atoms with Crippen molar-refractivity contribution in [2.24, 2.45) is 5.73 Å². The van der Waals surface area contributed by atoms with Crippen LogP contribution in [-0.2, 0) is 24.5 Å². The van der Waals surface area contributed by atoms with E-state index in [-0.39, 0.29) is 0 Å². The molecule has 1 saturated heterocycles. The Labute approximate surface area is 88.4 Å². The van der Waals surface area contributed by atoms with E-state index in [1.807, 2.05) is 0 Å². The van der Waals surface area contributed by atoms with Crippen LogP contribution in [-0.4, -0.2) is 46.1 Å². The number of hydrogen-bond acceptors (Lipinski definition) is 7. The topological polar surface area (TPSA) is 161 Å². The lowest BCUT2D eigenvalue weighted by Crippen LogP contribution is -2.53. The summed E-state index contributed by atoms with van der Waals surface area (Å²) in [6.07, 6.45) is -2.67. The Morgan fingerprint density at radius 1 is 1.50 bits per heavy atom. The SMILES string of the molecule is NC(=O)O[N+]1(O)C(=O)CC(S(=O)(=O)O)C1=O. The number of amides is 3. The molecule has 0 aromatic rings. The van der Waals surface area contributed by atoms with E-state index in [0.29, 0.717) is 0 Å². The zero-order valence-electron chi connectivity index (χ0n) is 7.56. The van der Waals surface area contributed by atoms with Gasteiger partial charge in [-0.05, 0) is 0 Å². The number of primary amides is 1. The van der Waals surface area contributed by atoms with Crippen LogP contribution in [0.1, 0.15) is 6.42 Å². The lowest BCUT2D eigenvalue weighted by Gasteiger charge is -2.14. The molecule has 1 aliphatic heterocycles. The third-order valence-corrected chi connectivity index (χ3v) is 2.94. The van der Waals surface area contributed by atoms with Crippen LogP contribution in [0.3, 0.4) is 0 Å². The summed E-state index contributed by atoms with van der Waals surface area (Å²) in [7, 11) is -4.87. The summed E-state index contributed by atoms with van der Waals surface area (Å²) >= 11 is 0. The minimum atomic E-state index is -4.87. The van der Waals surface area contributed by atoms with Crippen LogP contribution in [0, 0.1) is 0 Å². The molecule has 0 aromatic heterocycles. The molecule has 11 heteroatoms. The zero-order valence-corrected chi connectivity index (χ0v) is 8.38. The van der Waals surface area contributed by atoms with Gasteiger partial charge in [0, 0.05) is 0 Å². The standard InChI is InChI=1S/C5H6N2O8S/c6-5(10)15-7(11)3(8)1-2(4(7)9)16(12,13)14/h2,11H,1H2,(H2-,6,10,12,13,14)/p+1. The minimum absolute atomic E-state index is 1.01. The van der Waals surface area contributed by atoms with E-state index in [0.717, 1.165) is 0 Å². The third kappa shape index (κ3) is 1.88. The number of hydroxylamine groups is 4. The predicted molar refractivity (Wildman–Crippen MR) is 42.7 cm³/mol. The van der Waals surface area contributed by atoms with Gasteiger partial charge in [0.05, 0.1) is 0 Å². The Kier molecular flexibility index (Phi) is 2.72. The Morgan fingerprint density at radius 2 is 2.00 bits per heavy atom. The molecule has 0 aliphatic carbocycles. The van der Waals surface area contributed by atoms with Crippen LogP contribution < -0.4 is 5.73 Å². The van der Waals surface area contributed by atoms with E-state index in [2.05, 4.69) is 10.6 Å². The van der Waals surface area contributed by atoms with Gasteiger partial charge in [-0.3, -0.25) is 4.55 Å². The number of quaternary nitrogens is 1. The quantitative estimate of drug-likeness (QED) is 0.219. The predicted octanol–water partition coefficient (Wildman–Crippen LogP) is -2.08. The molecular weight excluding hydrogens is 248 g/mol. The monoisotopic (exact) mass is 255 g/mol. The molecule has 0 radical (unpaired) electrons. The van der Waals surface area contributed by atoms with Crippen molar-refractivity contribution in [2.45, 2.75) is 11.7 Å². The van der Waals surface area contributed by atoms with Crippen LogP contribution in [0.2, 0.25) is 0 Å². The van der Waals surface area contributed by atoms with Crippen molar-refractivity contribution >= 4 is 28.0 Å². The van der Waals surface area contributed by atoms with Crippen molar-refractivity contribution in [1.29, 1.82) is 0 Å². The lowest BCUT2D eigenvalue weighted by atomic mass is 10.4. The Balaban J connectivity index is 3.13. The van der Waals surface area contributed by atoms with E-state index < -0.39 is 44.5 Å². The van der Waals surface area contributed by atoms with Crippen LogP contribution in [0.4, 0.5) is 4.79 Å². The third-order valence-electron chi connectivity index (χ3n) is 1.85. The molecule has 16 heavy (non-hydrogen) atoms. The van der Waals surface area contributed by atoms with Crippen molar-refractivity contribution in [3.8, 4) is 0 Å². The molecule has 1 heterocycles. The summed E-state index contributed by atoms with van der Waals surface area (Å²) in [6.45, 7) is 0. The summed E-state index contributed by atoms with van der Waals surface area (Å²) in [5, 5.41) is 7.10. The van der Waals surface area contributed by atoms with E-state index in [4.69, 9.17) is 4.55 Å². The number of carbonyl (C=O) groups excluding carboxylic acids is 3. The van der Waals surface area contributed by atoms with Crippen molar-refractivity contribution in [1.82, 2.24) is 0 Å². The summed E-state index contributed by atoms with van der Waals surface area (Å²) in [4.78, 5) is 33.9. The van der Waals surface area contributed by atoms with Gasteiger partial charge in [-0.1, -0.05) is 0 Å². The maximum Gasteiger partial charge on any atom is 0.465 e. The second kappa shape index (κ2) is 3.48. The summed E-state index contributed by atoms with van der Waals surface area (Å²) < 4.78 is 29.9. The van der Waals surface area contributed by atoms with Crippen LogP contribution in [0.25, 0.3) is 0 Å². The van der Waals surface area contributed by atoms with Gasteiger partial charge in [-0.25, -0.2) is 19.2 Å². The van der Waals surface area contributed by atoms with Gasteiger partial charge >= 0.3 is 17.9 Å². The molecule has 1 rings (SSSR count). The number of rotatable bonds is 2. The largest absolute Gasteiger partial charge is 0.465 e. The fraction of sp³-hybridized carbons (Fsp3) is 0.400. The van der Waals surface area contributed by atoms with E-state index in [1.165, 1.54) is 0 Å². The Morgan fingerprint density at radius 3 is 2.31 bits per heavy atom. The number of nitrogens with zero attached hydrogens (tertiary/aromatic N) is 1. The molecule has 10 nitrogen and oxygen atoms in total. The van der Waals surface area contributed by atoms with E-state index >= 15 is 0 Å². The molecule has 0 spiro atoms. The highest BCUT2D eigenvalue weighted by Crippen LogP contribution is 2.25. The van der Waals surface area contributed by atoms with Crippen molar-refractivity contribution in [2.75, 3.05) is 0 Å². The van der Waals surface area contributed by atoms with Gasteiger partial charge in [-0.2, -0.15) is 13.6 Å². The highest BCUT2D eigenvalue weighted by molar-refractivity contribution is 7.87. The number of imide groups is 1. The van der Waals surface area contributed by atoms with Gasteiger partial charge < -0.3 is 5.73 Å². The molecule has 0 bridgehead atoms. The van der Waals surface area contributed by atoms with Crippen molar-refractivity contribution in [3.05, 3.63) is 0 Å². The number of hydrogen-bond donors (Lipinski definition) is 3. The summed E-state index contributed by atoms with van der Waals surface area (Å²) in [6, 6.07) is 0. The normalized spacial score (nSPS) is 30.5. The number of carbonyl (C=O) groups is 3. The van der Waals surface area contributed by atoms with Crippen molar-refractivity contribution < 1.29 is 42.2 Å².